The molecule has 1 atom stereocenters. The van der Waals surface area contributed by atoms with E-state index >= 15 is 0 Å². The summed E-state index contributed by atoms with van der Waals surface area (Å²) >= 11 is 5.83. The number of ether oxygens (including phenoxy) is 1. The first-order valence-electron chi connectivity index (χ1n) is 9.43. The topological polar surface area (TPSA) is 98.5 Å². The molecule has 8 heteroatoms. The van der Waals surface area contributed by atoms with E-state index in [2.05, 4.69) is 5.32 Å². The van der Waals surface area contributed by atoms with Gasteiger partial charge in [0, 0.05) is 11.1 Å². The molecular formula is C23H19ClN2O5. The quantitative estimate of drug-likeness (QED) is 0.317. The minimum atomic E-state index is -0.997. The number of hydrogen-bond acceptors (Lipinski definition) is 5. The Bertz CT molecular complexity index is 1070. The van der Waals surface area contributed by atoms with Gasteiger partial charge in [0.25, 0.3) is 11.6 Å². The van der Waals surface area contributed by atoms with Gasteiger partial charge in [0.15, 0.2) is 6.61 Å². The Morgan fingerprint density at radius 2 is 1.65 bits per heavy atom. The fraction of sp³-hybridized carbons (Fsp3) is 0.130. The summed E-state index contributed by atoms with van der Waals surface area (Å²) in [5.41, 5.74) is 1.18. The minimum Gasteiger partial charge on any atom is -0.452 e. The van der Waals surface area contributed by atoms with Crippen molar-refractivity contribution in [3.63, 3.8) is 0 Å². The van der Waals surface area contributed by atoms with Crippen LogP contribution in [-0.4, -0.2) is 23.4 Å². The van der Waals surface area contributed by atoms with Crippen molar-refractivity contribution in [1.29, 1.82) is 0 Å². The van der Waals surface area contributed by atoms with Gasteiger partial charge in [0.2, 0.25) is 0 Å². The van der Waals surface area contributed by atoms with Crippen LogP contribution in [0.3, 0.4) is 0 Å². The summed E-state index contributed by atoms with van der Waals surface area (Å²) in [6.07, 6.45) is 0.546. The number of esters is 1. The van der Waals surface area contributed by atoms with E-state index in [4.69, 9.17) is 16.3 Å². The maximum Gasteiger partial charge on any atom is 0.345 e. The lowest BCUT2D eigenvalue weighted by molar-refractivity contribution is -0.385. The Hall–Kier alpha value is -3.71. The van der Waals surface area contributed by atoms with E-state index in [9.17, 15) is 19.7 Å². The zero-order valence-electron chi connectivity index (χ0n) is 16.4. The molecule has 3 aromatic rings. The number of amides is 1. The first-order valence-corrected chi connectivity index (χ1v) is 9.81. The monoisotopic (exact) mass is 438 g/mol. The van der Waals surface area contributed by atoms with Crippen molar-refractivity contribution in [1.82, 2.24) is 5.32 Å². The number of nitrogens with zero attached hydrogens (tertiary/aromatic N) is 1. The molecule has 0 saturated carbocycles. The molecule has 0 aromatic heterocycles. The van der Waals surface area contributed by atoms with Crippen LogP contribution in [0.5, 0.6) is 0 Å². The third kappa shape index (κ3) is 6.13. The van der Waals surface area contributed by atoms with Crippen molar-refractivity contribution < 1.29 is 19.2 Å². The van der Waals surface area contributed by atoms with Crippen LogP contribution in [0.15, 0.2) is 78.9 Å². The van der Waals surface area contributed by atoms with Crippen molar-refractivity contribution >= 4 is 29.2 Å². The van der Waals surface area contributed by atoms with Gasteiger partial charge in [-0.1, -0.05) is 72.3 Å². The van der Waals surface area contributed by atoms with Gasteiger partial charge < -0.3 is 10.1 Å². The van der Waals surface area contributed by atoms with Crippen LogP contribution >= 0.6 is 11.6 Å². The van der Waals surface area contributed by atoms with Crippen molar-refractivity contribution in [3.8, 4) is 0 Å². The molecule has 158 valence electrons. The third-order valence-electron chi connectivity index (χ3n) is 4.53. The highest BCUT2D eigenvalue weighted by Gasteiger charge is 2.23. The highest BCUT2D eigenvalue weighted by Crippen LogP contribution is 2.23. The molecule has 0 radical (unpaired) electrons. The second kappa shape index (κ2) is 10.4. The molecule has 0 aliphatic carbocycles. The molecular weight excluding hydrogens is 420 g/mol. The number of halogens is 1. The van der Waals surface area contributed by atoms with E-state index in [1.807, 2.05) is 60.7 Å². The number of rotatable bonds is 8. The molecule has 1 amide bonds. The van der Waals surface area contributed by atoms with E-state index < -0.39 is 29.1 Å². The number of nitro groups is 1. The summed E-state index contributed by atoms with van der Waals surface area (Å²) in [4.78, 5) is 35.2. The van der Waals surface area contributed by atoms with Crippen molar-refractivity contribution in [2.75, 3.05) is 6.61 Å². The van der Waals surface area contributed by atoms with Crippen LogP contribution in [0.2, 0.25) is 5.02 Å². The van der Waals surface area contributed by atoms with Crippen molar-refractivity contribution in [2.45, 2.75) is 12.5 Å². The summed E-state index contributed by atoms with van der Waals surface area (Å²) in [7, 11) is 0. The number of hydrogen-bond donors (Lipinski definition) is 1. The van der Waals surface area contributed by atoms with E-state index in [0.29, 0.717) is 6.42 Å². The molecule has 0 saturated heterocycles. The molecule has 0 spiro atoms. The second-order valence-corrected chi connectivity index (χ2v) is 7.15. The molecule has 3 rings (SSSR count). The van der Waals surface area contributed by atoms with Gasteiger partial charge in [-0.15, -0.1) is 0 Å². The zero-order chi connectivity index (χ0) is 22.2. The maximum atomic E-state index is 12.5. The lowest BCUT2D eigenvalue weighted by Gasteiger charge is -2.19. The fourth-order valence-corrected chi connectivity index (χ4v) is 3.24. The zero-order valence-corrected chi connectivity index (χ0v) is 17.1. The van der Waals surface area contributed by atoms with E-state index in [0.717, 1.165) is 23.3 Å². The van der Waals surface area contributed by atoms with Crippen LogP contribution < -0.4 is 5.32 Å². The molecule has 31 heavy (non-hydrogen) atoms. The molecule has 0 fully saturated rings. The predicted octanol–water partition coefficient (Wildman–Crippen LogP) is 4.51. The molecule has 1 N–H and O–H groups in total. The second-order valence-electron chi connectivity index (χ2n) is 6.72. The molecule has 1 unspecified atom stereocenters. The predicted molar refractivity (Wildman–Crippen MR) is 116 cm³/mol. The van der Waals surface area contributed by atoms with Crippen LogP contribution in [0.25, 0.3) is 0 Å². The Kier molecular flexibility index (Phi) is 7.35. The van der Waals surface area contributed by atoms with Gasteiger partial charge >= 0.3 is 5.97 Å². The SMILES string of the molecule is O=C(COC(=O)c1cc(Cl)ccc1[N+](=O)[O-])NC(Cc1ccccc1)c1ccccc1. The third-order valence-corrected chi connectivity index (χ3v) is 4.76. The fourth-order valence-electron chi connectivity index (χ4n) is 3.06. The van der Waals surface area contributed by atoms with E-state index in [-0.39, 0.29) is 16.6 Å². The van der Waals surface area contributed by atoms with Crippen molar-refractivity contribution in [2.24, 2.45) is 0 Å². The average Bonchev–Trinajstić information content (AvgIpc) is 2.78. The van der Waals surface area contributed by atoms with Gasteiger partial charge in [0.05, 0.1) is 11.0 Å². The number of carbonyl (C=O) groups excluding carboxylic acids is 2. The van der Waals surface area contributed by atoms with Crippen LogP contribution in [0.4, 0.5) is 5.69 Å². The Morgan fingerprint density at radius 1 is 1.00 bits per heavy atom. The first kappa shape index (κ1) is 22.0. The van der Waals surface area contributed by atoms with Gasteiger partial charge in [0.1, 0.15) is 5.56 Å². The molecule has 0 bridgehead atoms. The van der Waals surface area contributed by atoms with E-state index in [1.54, 1.807) is 0 Å². The first-order chi connectivity index (χ1) is 14.9. The van der Waals surface area contributed by atoms with Gasteiger partial charge in [-0.2, -0.15) is 0 Å². The summed E-state index contributed by atoms with van der Waals surface area (Å²) in [5.74, 6) is -1.52. The van der Waals surface area contributed by atoms with Gasteiger partial charge in [-0.05, 0) is 29.7 Å². The number of nitro benzene ring substituents is 1. The smallest absolute Gasteiger partial charge is 0.345 e. The standard InChI is InChI=1S/C23H19ClN2O5/c24-18-11-12-21(26(29)30)19(14-18)23(28)31-15-22(27)25-20(17-9-5-2-6-10-17)13-16-7-3-1-4-8-16/h1-12,14,20H,13,15H2,(H,25,27). The molecule has 0 aliphatic rings. The highest BCUT2D eigenvalue weighted by molar-refractivity contribution is 6.31. The van der Waals surface area contributed by atoms with Crippen LogP contribution in [-0.2, 0) is 16.0 Å². The summed E-state index contributed by atoms with van der Waals surface area (Å²) < 4.78 is 5.01. The van der Waals surface area contributed by atoms with Crippen LogP contribution in [0, 0.1) is 10.1 Å². The van der Waals surface area contributed by atoms with Gasteiger partial charge in [-0.3, -0.25) is 14.9 Å². The number of benzene rings is 3. The Labute approximate surface area is 183 Å². The summed E-state index contributed by atoms with van der Waals surface area (Å²) in [6, 6.07) is 22.3. The highest BCUT2D eigenvalue weighted by atomic mass is 35.5. The molecule has 3 aromatic carbocycles. The maximum absolute atomic E-state index is 12.5. The number of nitrogens with one attached hydrogen (secondary N) is 1. The Balaban J connectivity index is 1.68. The van der Waals surface area contributed by atoms with E-state index in [1.165, 1.54) is 6.07 Å². The minimum absolute atomic E-state index is 0.147. The molecule has 0 aliphatic heterocycles. The Morgan fingerprint density at radius 3 is 2.29 bits per heavy atom. The average molecular weight is 439 g/mol. The van der Waals surface area contributed by atoms with Gasteiger partial charge in [-0.25, -0.2) is 4.79 Å². The lowest BCUT2D eigenvalue weighted by atomic mass is 9.99. The van der Waals surface area contributed by atoms with Crippen LogP contribution in [0.1, 0.15) is 27.5 Å². The van der Waals surface area contributed by atoms with Crippen molar-refractivity contribution in [3.05, 3.63) is 111 Å². The molecule has 7 nitrogen and oxygen atoms in total. The summed E-state index contributed by atoms with van der Waals surface area (Å²) in [6.45, 7) is -0.583. The molecule has 0 heterocycles. The normalized spacial score (nSPS) is 11.4. The largest absolute Gasteiger partial charge is 0.452 e. The summed E-state index contributed by atoms with van der Waals surface area (Å²) in [5, 5.41) is 14.1. The number of carbonyl (C=O) groups is 2. The lowest BCUT2D eigenvalue weighted by Crippen LogP contribution is -2.33.